The van der Waals surface area contributed by atoms with E-state index in [1.54, 1.807) is 11.3 Å². The van der Waals surface area contributed by atoms with Gasteiger partial charge in [-0.1, -0.05) is 41.6 Å². The van der Waals surface area contributed by atoms with Gasteiger partial charge in [-0.25, -0.2) is 4.68 Å². The van der Waals surface area contributed by atoms with Gasteiger partial charge < -0.3 is 10.6 Å². The van der Waals surface area contributed by atoms with Gasteiger partial charge in [0.05, 0.1) is 17.8 Å². The first-order chi connectivity index (χ1) is 13.7. The maximum absolute atomic E-state index is 13.0. The summed E-state index contributed by atoms with van der Waals surface area (Å²) in [5.74, 6) is -0.160. The molecule has 0 saturated carbocycles. The number of nitrogens with one attached hydrogen (secondary N) is 2. The molecule has 2 N–H and O–H groups in total. The normalized spacial score (nSPS) is 16.0. The first-order valence-electron chi connectivity index (χ1n) is 9.73. The van der Waals surface area contributed by atoms with E-state index in [9.17, 15) is 4.79 Å². The van der Waals surface area contributed by atoms with E-state index in [0.29, 0.717) is 11.7 Å². The number of carbonyl (C=O) groups is 1. The van der Waals surface area contributed by atoms with Crippen molar-refractivity contribution in [3.63, 3.8) is 0 Å². The highest BCUT2D eigenvalue weighted by molar-refractivity contribution is 7.10. The molecule has 6 nitrogen and oxygen atoms in total. The average Bonchev–Trinajstić information content (AvgIpc) is 3.39. The summed E-state index contributed by atoms with van der Waals surface area (Å²) in [6, 6.07) is 14.5. The van der Waals surface area contributed by atoms with Crippen LogP contribution >= 0.6 is 11.3 Å². The number of amides is 1. The van der Waals surface area contributed by atoms with Crippen LogP contribution in [0, 0.1) is 6.92 Å². The molecular formula is C21H25N5OS. The monoisotopic (exact) mass is 395 g/mol. The van der Waals surface area contributed by atoms with E-state index < -0.39 is 0 Å². The highest BCUT2D eigenvalue weighted by atomic mass is 32.1. The van der Waals surface area contributed by atoms with Gasteiger partial charge in [0, 0.05) is 4.88 Å². The van der Waals surface area contributed by atoms with Crippen LogP contribution < -0.4 is 10.6 Å². The lowest BCUT2D eigenvalue weighted by Crippen LogP contribution is -2.31. The molecule has 1 atom stereocenters. The second-order valence-corrected chi connectivity index (χ2v) is 8.16. The summed E-state index contributed by atoms with van der Waals surface area (Å²) in [7, 11) is 0. The van der Waals surface area contributed by atoms with Crippen molar-refractivity contribution in [1.29, 1.82) is 0 Å². The van der Waals surface area contributed by atoms with Crippen LogP contribution in [-0.4, -0.2) is 34.0 Å². The highest BCUT2D eigenvalue weighted by Gasteiger charge is 2.25. The fourth-order valence-corrected chi connectivity index (χ4v) is 4.52. The van der Waals surface area contributed by atoms with Gasteiger partial charge in [-0.15, -0.1) is 16.4 Å². The molecule has 28 heavy (non-hydrogen) atoms. The number of piperidine rings is 1. The zero-order chi connectivity index (χ0) is 19.3. The molecule has 3 heterocycles. The van der Waals surface area contributed by atoms with Crippen molar-refractivity contribution in [2.45, 2.75) is 38.3 Å². The third kappa shape index (κ3) is 4.15. The minimum atomic E-state index is -0.160. The fraction of sp³-hybridized carbons (Fsp3) is 0.381. The molecule has 1 aliphatic heterocycles. The molecule has 146 valence electrons. The Labute approximate surface area is 169 Å². The largest absolute Gasteiger partial charge is 0.343 e. The van der Waals surface area contributed by atoms with Gasteiger partial charge in [-0.3, -0.25) is 4.79 Å². The number of hydrogen-bond acceptors (Lipinski definition) is 5. The van der Waals surface area contributed by atoms with Crippen LogP contribution in [0.4, 0.5) is 0 Å². The molecule has 0 spiro atoms. The Morgan fingerprint density at radius 1 is 1.25 bits per heavy atom. The molecule has 1 amide bonds. The Morgan fingerprint density at radius 2 is 2.04 bits per heavy atom. The molecule has 3 aromatic rings. The minimum Gasteiger partial charge on any atom is -0.343 e. The lowest BCUT2D eigenvalue weighted by Gasteiger charge is -2.23. The first kappa shape index (κ1) is 18.8. The highest BCUT2D eigenvalue weighted by Crippen LogP contribution is 2.24. The second-order valence-electron chi connectivity index (χ2n) is 7.18. The van der Waals surface area contributed by atoms with Crippen molar-refractivity contribution >= 4 is 17.2 Å². The Hall–Kier alpha value is -2.51. The summed E-state index contributed by atoms with van der Waals surface area (Å²) in [5, 5.41) is 17.1. The predicted octanol–water partition coefficient (Wildman–Crippen LogP) is 3.29. The molecular weight excluding hydrogens is 370 g/mol. The molecule has 1 aromatic carbocycles. The van der Waals surface area contributed by atoms with Crippen molar-refractivity contribution in [1.82, 2.24) is 25.6 Å². The van der Waals surface area contributed by atoms with Crippen LogP contribution in [0.1, 0.15) is 51.5 Å². The van der Waals surface area contributed by atoms with Gasteiger partial charge >= 0.3 is 0 Å². The van der Waals surface area contributed by atoms with E-state index >= 15 is 0 Å². The van der Waals surface area contributed by atoms with Crippen molar-refractivity contribution < 1.29 is 4.79 Å². The molecule has 0 radical (unpaired) electrons. The topological polar surface area (TPSA) is 71.8 Å². The second kappa shape index (κ2) is 8.67. The summed E-state index contributed by atoms with van der Waals surface area (Å²) in [5.41, 5.74) is 2.46. The molecule has 7 heteroatoms. The molecule has 1 saturated heterocycles. The Balaban J connectivity index is 1.52. The Morgan fingerprint density at radius 3 is 2.75 bits per heavy atom. The lowest BCUT2D eigenvalue weighted by molar-refractivity contribution is 0.0931. The number of hydrogen-bond donors (Lipinski definition) is 2. The lowest BCUT2D eigenvalue weighted by atomic mass is 10.0. The summed E-state index contributed by atoms with van der Waals surface area (Å²) in [4.78, 5) is 14.2. The molecule has 4 rings (SSSR count). The van der Waals surface area contributed by atoms with Gasteiger partial charge in [-0.05, 0) is 56.3 Å². The first-order valence-corrected chi connectivity index (χ1v) is 10.6. The average molecular weight is 396 g/mol. The van der Waals surface area contributed by atoms with Crippen molar-refractivity contribution in [3.8, 4) is 0 Å². The quantitative estimate of drug-likeness (QED) is 0.672. The Kier molecular flexibility index (Phi) is 5.83. The van der Waals surface area contributed by atoms with E-state index in [-0.39, 0.29) is 11.9 Å². The molecule has 1 unspecified atom stereocenters. The van der Waals surface area contributed by atoms with Crippen molar-refractivity contribution in [3.05, 3.63) is 69.7 Å². The minimum absolute atomic E-state index is 0.0849. The molecule has 2 aromatic heterocycles. The standard InChI is InChI=1S/C21H25N5OS/c1-15-20(24-25-26(15)17-9-11-22-12-10-17)21(27)23-18(19-8-5-13-28-19)14-16-6-3-2-4-7-16/h2-8,13,17-18,22H,9-12,14H2,1H3,(H,23,27). The third-order valence-corrected chi connectivity index (χ3v) is 6.26. The van der Waals surface area contributed by atoms with Crippen molar-refractivity contribution in [2.24, 2.45) is 0 Å². The summed E-state index contributed by atoms with van der Waals surface area (Å²) in [6.45, 7) is 3.89. The number of rotatable bonds is 6. The fourth-order valence-electron chi connectivity index (χ4n) is 3.74. The molecule has 1 fully saturated rings. The van der Waals surface area contributed by atoms with Crippen LogP contribution in [0.15, 0.2) is 47.8 Å². The van der Waals surface area contributed by atoms with E-state index in [1.807, 2.05) is 41.3 Å². The maximum Gasteiger partial charge on any atom is 0.274 e. The van der Waals surface area contributed by atoms with Gasteiger partial charge in [-0.2, -0.15) is 0 Å². The maximum atomic E-state index is 13.0. The molecule has 0 aliphatic carbocycles. The van der Waals surface area contributed by atoms with Gasteiger partial charge in [0.1, 0.15) is 0 Å². The smallest absolute Gasteiger partial charge is 0.274 e. The van der Waals surface area contributed by atoms with Crippen LogP contribution in [0.25, 0.3) is 0 Å². The van der Waals surface area contributed by atoms with Gasteiger partial charge in [0.25, 0.3) is 5.91 Å². The summed E-state index contributed by atoms with van der Waals surface area (Å²) < 4.78 is 1.92. The van der Waals surface area contributed by atoms with E-state index in [0.717, 1.165) is 42.9 Å². The van der Waals surface area contributed by atoms with Crippen LogP contribution in [-0.2, 0) is 6.42 Å². The van der Waals surface area contributed by atoms with E-state index in [1.165, 1.54) is 5.56 Å². The van der Waals surface area contributed by atoms with Gasteiger partial charge in [0.15, 0.2) is 5.69 Å². The number of benzene rings is 1. The summed E-state index contributed by atoms with van der Waals surface area (Å²) >= 11 is 1.66. The zero-order valence-electron chi connectivity index (χ0n) is 16.0. The number of thiophene rings is 1. The SMILES string of the molecule is Cc1c(C(=O)NC(Cc2ccccc2)c2cccs2)nnn1C1CCNCC1. The third-order valence-electron chi connectivity index (χ3n) is 5.27. The number of carbonyl (C=O) groups excluding carboxylic acids is 1. The number of aromatic nitrogens is 3. The van der Waals surface area contributed by atoms with Gasteiger partial charge in [0.2, 0.25) is 0 Å². The van der Waals surface area contributed by atoms with Crippen LogP contribution in [0.3, 0.4) is 0 Å². The number of nitrogens with zero attached hydrogens (tertiary/aromatic N) is 3. The van der Waals surface area contributed by atoms with E-state index in [2.05, 4.69) is 39.1 Å². The van der Waals surface area contributed by atoms with Crippen LogP contribution in [0.5, 0.6) is 0 Å². The van der Waals surface area contributed by atoms with Crippen molar-refractivity contribution in [2.75, 3.05) is 13.1 Å². The molecule has 1 aliphatic rings. The van der Waals surface area contributed by atoms with E-state index in [4.69, 9.17) is 0 Å². The summed E-state index contributed by atoms with van der Waals surface area (Å²) in [6.07, 6.45) is 2.77. The van der Waals surface area contributed by atoms with Crippen LogP contribution in [0.2, 0.25) is 0 Å². The zero-order valence-corrected chi connectivity index (χ0v) is 16.8. The Bertz CT molecular complexity index is 900. The molecule has 0 bridgehead atoms. The predicted molar refractivity (Wildman–Crippen MR) is 111 cm³/mol.